The van der Waals surface area contributed by atoms with Crippen LogP contribution in [0.3, 0.4) is 0 Å². The summed E-state index contributed by atoms with van der Waals surface area (Å²) in [6.07, 6.45) is 5.24. The highest BCUT2D eigenvalue weighted by molar-refractivity contribution is 5.97. The standard InChI is InChI=1S/C17H20N6O2/c1-10-13-8-12(9-18-14(13)23(3)21-10)15(24)20-17(6-4-5-7-17)16-19-11(2)25-22-16/h8-9H,4-7H2,1-3H3,(H,20,24). The lowest BCUT2D eigenvalue weighted by Gasteiger charge is -2.26. The molecule has 1 N–H and O–H groups in total. The van der Waals surface area contributed by atoms with Crippen molar-refractivity contribution in [3.05, 3.63) is 35.2 Å². The number of hydrogen-bond donors (Lipinski definition) is 1. The number of hydrogen-bond acceptors (Lipinski definition) is 6. The highest BCUT2D eigenvalue weighted by atomic mass is 16.5. The van der Waals surface area contributed by atoms with Crippen LogP contribution in [0.4, 0.5) is 0 Å². The average Bonchev–Trinajstić information content (AvgIpc) is 3.29. The lowest BCUT2D eigenvalue weighted by molar-refractivity contribution is 0.0891. The van der Waals surface area contributed by atoms with Crippen molar-refractivity contribution in [2.45, 2.75) is 45.1 Å². The molecule has 1 fully saturated rings. The molecule has 1 aliphatic rings. The van der Waals surface area contributed by atoms with E-state index in [9.17, 15) is 4.79 Å². The van der Waals surface area contributed by atoms with Gasteiger partial charge in [0.2, 0.25) is 5.89 Å². The van der Waals surface area contributed by atoms with Gasteiger partial charge in [0.25, 0.3) is 5.91 Å². The molecule has 130 valence electrons. The zero-order valence-electron chi connectivity index (χ0n) is 14.5. The van der Waals surface area contributed by atoms with Crippen LogP contribution in [-0.2, 0) is 12.6 Å². The molecule has 0 saturated heterocycles. The van der Waals surface area contributed by atoms with Crippen molar-refractivity contribution < 1.29 is 9.32 Å². The normalized spacial score (nSPS) is 16.4. The minimum atomic E-state index is -0.562. The Balaban J connectivity index is 1.67. The SMILES string of the molecule is Cc1nc(C2(NC(=O)c3cnc4c(c3)c(C)nn4C)CCCC2)no1. The van der Waals surface area contributed by atoms with E-state index in [2.05, 4.69) is 25.5 Å². The average molecular weight is 340 g/mol. The summed E-state index contributed by atoms with van der Waals surface area (Å²) in [6.45, 7) is 3.66. The molecule has 0 atom stereocenters. The van der Waals surface area contributed by atoms with E-state index in [0.29, 0.717) is 17.3 Å². The van der Waals surface area contributed by atoms with Gasteiger partial charge in [0, 0.05) is 25.6 Å². The predicted molar refractivity (Wildman–Crippen MR) is 89.9 cm³/mol. The third-order valence-corrected chi connectivity index (χ3v) is 4.89. The fraction of sp³-hybridized carbons (Fsp3) is 0.471. The molecule has 1 saturated carbocycles. The summed E-state index contributed by atoms with van der Waals surface area (Å²) in [4.78, 5) is 21.6. The van der Waals surface area contributed by atoms with Crippen molar-refractivity contribution in [1.29, 1.82) is 0 Å². The fourth-order valence-electron chi connectivity index (χ4n) is 3.60. The van der Waals surface area contributed by atoms with E-state index in [1.807, 2.05) is 20.0 Å². The van der Waals surface area contributed by atoms with E-state index in [0.717, 1.165) is 42.4 Å². The zero-order chi connectivity index (χ0) is 17.6. The summed E-state index contributed by atoms with van der Waals surface area (Å²) in [5.74, 6) is 0.883. The maximum absolute atomic E-state index is 12.9. The van der Waals surface area contributed by atoms with Gasteiger partial charge in [-0.25, -0.2) is 4.98 Å². The van der Waals surface area contributed by atoms with Crippen LogP contribution in [0.1, 0.15) is 53.5 Å². The van der Waals surface area contributed by atoms with Crippen molar-refractivity contribution >= 4 is 16.9 Å². The first kappa shape index (κ1) is 15.7. The topological polar surface area (TPSA) is 98.7 Å². The van der Waals surface area contributed by atoms with Crippen molar-refractivity contribution in [2.75, 3.05) is 0 Å². The minimum Gasteiger partial charge on any atom is -0.340 e. The number of aromatic nitrogens is 5. The lowest BCUT2D eigenvalue weighted by Crippen LogP contribution is -2.44. The summed E-state index contributed by atoms with van der Waals surface area (Å²) in [6, 6.07) is 1.84. The Labute approximate surface area is 144 Å². The minimum absolute atomic E-state index is 0.179. The molecule has 1 amide bonds. The molecular formula is C17H20N6O2. The smallest absolute Gasteiger partial charge is 0.253 e. The van der Waals surface area contributed by atoms with Gasteiger partial charge in [-0.1, -0.05) is 18.0 Å². The van der Waals surface area contributed by atoms with Crippen molar-refractivity contribution in [1.82, 2.24) is 30.2 Å². The molecule has 0 aliphatic heterocycles. The number of carbonyl (C=O) groups excluding carboxylic acids is 1. The van der Waals surface area contributed by atoms with Gasteiger partial charge in [-0.15, -0.1) is 0 Å². The van der Waals surface area contributed by atoms with Gasteiger partial charge < -0.3 is 9.84 Å². The number of fused-ring (bicyclic) bond motifs is 1. The van der Waals surface area contributed by atoms with E-state index in [-0.39, 0.29) is 5.91 Å². The molecule has 8 nitrogen and oxygen atoms in total. The Morgan fingerprint density at radius 1 is 1.32 bits per heavy atom. The number of carbonyl (C=O) groups is 1. The Morgan fingerprint density at radius 3 is 2.76 bits per heavy atom. The Bertz CT molecular complexity index is 951. The second-order valence-electron chi connectivity index (χ2n) is 6.68. The summed E-state index contributed by atoms with van der Waals surface area (Å²) in [5.41, 5.74) is 1.56. The summed E-state index contributed by atoms with van der Waals surface area (Å²) in [5, 5.41) is 12.4. The van der Waals surface area contributed by atoms with Crippen LogP contribution in [0.15, 0.2) is 16.8 Å². The number of rotatable bonds is 3. The van der Waals surface area contributed by atoms with E-state index in [4.69, 9.17) is 4.52 Å². The Kier molecular flexibility index (Phi) is 3.55. The van der Waals surface area contributed by atoms with Gasteiger partial charge in [-0.3, -0.25) is 9.48 Å². The van der Waals surface area contributed by atoms with E-state index < -0.39 is 5.54 Å². The number of amides is 1. The molecule has 0 radical (unpaired) electrons. The van der Waals surface area contributed by atoms with Gasteiger partial charge in [0.15, 0.2) is 11.5 Å². The van der Waals surface area contributed by atoms with Gasteiger partial charge in [0.1, 0.15) is 5.54 Å². The lowest BCUT2D eigenvalue weighted by atomic mass is 9.96. The first-order valence-corrected chi connectivity index (χ1v) is 8.41. The summed E-state index contributed by atoms with van der Waals surface area (Å²) in [7, 11) is 1.84. The van der Waals surface area contributed by atoms with Gasteiger partial charge in [-0.05, 0) is 25.8 Å². The Hall–Kier alpha value is -2.77. The molecule has 3 aromatic heterocycles. The second-order valence-corrected chi connectivity index (χ2v) is 6.68. The summed E-state index contributed by atoms with van der Waals surface area (Å²) >= 11 is 0. The van der Waals surface area contributed by atoms with Crippen molar-refractivity contribution in [3.8, 4) is 0 Å². The zero-order valence-corrected chi connectivity index (χ0v) is 14.5. The van der Waals surface area contributed by atoms with Gasteiger partial charge in [0.05, 0.1) is 11.3 Å². The van der Waals surface area contributed by atoms with Crippen LogP contribution < -0.4 is 5.32 Å². The predicted octanol–water partition coefficient (Wildman–Crippen LogP) is 2.17. The molecule has 0 aromatic carbocycles. The number of nitrogens with one attached hydrogen (secondary N) is 1. The Morgan fingerprint density at radius 2 is 2.08 bits per heavy atom. The maximum Gasteiger partial charge on any atom is 0.253 e. The molecule has 0 unspecified atom stereocenters. The van der Waals surface area contributed by atoms with Crippen molar-refractivity contribution in [2.24, 2.45) is 7.05 Å². The van der Waals surface area contributed by atoms with Crippen LogP contribution in [0, 0.1) is 13.8 Å². The van der Waals surface area contributed by atoms with Gasteiger partial charge in [-0.2, -0.15) is 10.1 Å². The van der Waals surface area contributed by atoms with Crippen LogP contribution in [0.25, 0.3) is 11.0 Å². The third kappa shape index (κ3) is 2.57. The molecule has 4 rings (SSSR count). The highest BCUT2D eigenvalue weighted by Crippen LogP contribution is 2.37. The maximum atomic E-state index is 12.9. The molecule has 3 aromatic rings. The molecule has 25 heavy (non-hydrogen) atoms. The second kappa shape index (κ2) is 5.65. The molecule has 3 heterocycles. The molecule has 0 bridgehead atoms. The molecule has 1 aliphatic carbocycles. The number of pyridine rings is 1. The van der Waals surface area contributed by atoms with E-state index in [1.165, 1.54) is 0 Å². The quantitative estimate of drug-likeness (QED) is 0.784. The van der Waals surface area contributed by atoms with Crippen LogP contribution in [-0.4, -0.2) is 30.8 Å². The summed E-state index contributed by atoms with van der Waals surface area (Å²) < 4.78 is 6.84. The van der Waals surface area contributed by atoms with E-state index >= 15 is 0 Å². The first-order valence-electron chi connectivity index (χ1n) is 8.41. The number of aryl methyl sites for hydroxylation is 3. The number of nitrogens with zero attached hydrogens (tertiary/aromatic N) is 5. The van der Waals surface area contributed by atoms with Crippen molar-refractivity contribution in [3.63, 3.8) is 0 Å². The molecular weight excluding hydrogens is 320 g/mol. The molecule has 8 heteroatoms. The van der Waals surface area contributed by atoms with Crippen LogP contribution in [0.2, 0.25) is 0 Å². The van der Waals surface area contributed by atoms with Crippen LogP contribution >= 0.6 is 0 Å². The van der Waals surface area contributed by atoms with Crippen LogP contribution in [0.5, 0.6) is 0 Å². The fourth-order valence-corrected chi connectivity index (χ4v) is 3.60. The third-order valence-electron chi connectivity index (χ3n) is 4.89. The van der Waals surface area contributed by atoms with E-state index in [1.54, 1.807) is 17.8 Å². The highest BCUT2D eigenvalue weighted by Gasteiger charge is 2.41. The largest absolute Gasteiger partial charge is 0.340 e. The first-order chi connectivity index (χ1) is 12.0. The monoisotopic (exact) mass is 340 g/mol. The molecule has 0 spiro atoms. The van der Waals surface area contributed by atoms with Gasteiger partial charge >= 0.3 is 0 Å².